The summed E-state index contributed by atoms with van der Waals surface area (Å²) in [4.78, 5) is 0. The lowest BCUT2D eigenvalue weighted by molar-refractivity contribution is 0.546. The summed E-state index contributed by atoms with van der Waals surface area (Å²) in [6.45, 7) is 13.8. The van der Waals surface area contributed by atoms with Crippen molar-refractivity contribution in [2.24, 2.45) is 17.6 Å². The van der Waals surface area contributed by atoms with Crippen molar-refractivity contribution in [2.75, 3.05) is 6.54 Å². The second-order valence-corrected chi connectivity index (χ2v) is 6.21. The van der Waals surface area contributed by atoms with E-state index >= 15 is 0 Å². The molecule has 0 aromatic carbocycles. The van der Waals surface area contributed by atoms with Gasteiger partial charge in [-0.25, -0.2) is 0 Å². The first kappa shape index (κ1) is 20.9. The number of rotatable bonds is 6. The van der Waals surface area contributed by atoms with E-state index in [4.69, 9.17) is 5.73 Å². The zero-order valence-electron chi connectivity index (χ0n) is 15.7. The van der Waals surface area contributed by atoms with E-state index in [-0.39, 0.29) is 0 Å². The van der Waals surface area contributed by atoms with Gasteiger partial charge in [-0.15, -0.1) is 0 Å². The lowest BCUT2D eigenvalue weighted by Gasteiger charge is -2.22. The molecule has 22 heavy (non-hydrogen) atoms. The van der Waals surface area contributed by atoms with Gasteiger partial charge in [-0.2, -0.15) is 0 Å². The first-order valence-electron chi connectivity index (χ1n) is 8.97. The highest BCUT2D eigenvalue weighted by Gasteiger charge is 2.14. The molecule has 0 saturated carbocycles. The van der Waals surface area contributed by atoms with E-state index in [9.17, 15) is 0 Å². The molecule has 2 N–H and O–H groups in total. The SMILES string of the molecule is CC.CC1=C(/C=C/C(C)=C/C=C/C(C)CCN)C(C)CCC1. The molecular weight excluding hydrogens is 266 g/mol. The van der Waals surface area contributed by atoms with Crippen LogP contribution in [0.5, 0.6) is 0 Å². The Labute approximate surface area is 139 Å². The normalized spacial score (nSPS) is 21.2. The van der Waals surface area contributed by atoms with E-state index in [0.717, 1.165) is 13.0 Å². The summed E-state index contributed by atoms with van der Waals surface area (Å²) in [7, 11) is 0. The summed E-state index contributed by atoms with van der Waals surface area (Å²) in [5, 5.41) is 0. The highest BCUT2D eigenvalue weighted by molar-refractivity contribution is 5.34. The fraction of sp³-hybridized carbons (Fsp3) is 0.619. The third-order valence-electron chi connectivity index (χ3n) is 4.16. The number of allylic oxidation sites excluding steroid dienone is 8. The molecular formula is C21H37N. The maximum atomic E-state index is 5.55. The molecule has 0 amide bonds. The zero-order valence-corrected chi connectivity index (χ0v) is 15.7. The minimum atomic E-state index is 0.566. The molecule has 1 aliphatic rings. The van der Waals surface area contributed by atoms with E-state index in [2.05, 4.69) is 58.1 Å². The van der Waals surface area contributed by atoms with Crippen LogP contribution in [0.2, 0.25) is 0 Å². The Morgan fingerprint density at radius 1 is 1.36 bits per heavy atom. The fourth-order valence-corrected chi connectivity index (χ4v) is 2.73. The highest BCUT2D eigenvalue weighted by Crippen LogP contribution is 2.30. The van der Waals surface area contributed by atoms with Gasteiger partial charge in [0.2, 0.25) is 0 Å². The fourth-order valence-electron chi connectivity index (χ4n) is 2.73. The van der Waals surface area contributed by atoms with Crippen molar-refractivity contribution in [1.82, 2.24) is 0 Å². The lowest BCUT2D eigenvalue weighted by Crippen LogP contribution is -2.06. The first-order chi connectivity index (χ1) is 10.5. The van der Waals surface area contributed by atoms with Crippen LogP contribution < -0.4 is 5.73 Å². The number of nitrogens with two attached hydrogens (primary N) is 1. The molecule has 0 aromatic heterocycles. The molecule has 0 aromatic rings. The summed E-state index contributed by atoms with van der Waals surface area (Å²) in [5.41, 5.74) is 9.97. The monoisotopic (exact) mass is 303 g/mol. The van der Waals surface area contributed by atoms with Crippen molar-refractivity contribution in [2.45, 2.75) is 67.2 Å². The van der Waals surface area contributed by atoms with Crippen LogP contribution in [-0.4, -0.2) is 6.54 Å². The Bertz CT molecular complexity index is 410. The van der Waals surface area contributed by atoms with Gasteiger partial charge in [0.15, 0.2) is 0 Å². The van der Waals surface area contributed by atoms with Crippen LogP contribution in [-0.2, 0) is 0 Å². The Kier molecular flexibility index (Phi) is 11.9. The molecule has 0 spiro atoms. The summed E-state index contributed by atoms with van der Waals surface area (Å²) >= 11 is 0. The second-order valence-electron chi connectivity index (χ2n) is 6.21. The number of hydrogen-bond acceptors (Lipinski definition) is 1. The number of hydrogen-bond donors (Lipinski definition) is 1. The molecule has 0 saturated heterocycles. The second kappa shape index (κ2) is 12.5. The molecule has 0 aliphatic heterocycles. The summed E-state index contributed by atoms with van der Waals surface area (Å²) in [6.07, 6.45) is 16.2. The van der Waals surface area contributed by atoms with Crippen LogP contribution in [0, 0.1) is 11.8 Å². The van der Waals surface area contributed by atoms with Gasteiger partial charge in [-0.3, -0.25) is 0 Å². The largest absolute Gasteiger partial charge is 0.330 e. The van der Waals surface area contributed by atoms with Crippen molar-refractivity contribution >= 4 is 0 Å². The molecule has 0 heterocycles. The first-order valence-corrected chi connectivity index (χ1v) is 8.97. The predicted octanol–water partition coefficient (Wildman–Crippen LogP) is 6.19. The highest BCUT2D eigenvalue weighted by atomic mass is 14.5. The van der Waals surface area contributed by atoms with E-state index in [1.165, 1.54) is 24.8 Å². The zero-order chi connectivity index (χ0) is 17.0. The van der Waals surface area contributed by atoms with Crippen LogP contribution in [0.25, 0.3) is 0 Å². The van der Waals surface area contributed by atoms with Gasteiger partial charge in [-0.05, 0) is 63.5 Å². The van der Waals surface area contributed by atoms with Crippen molar-refractivity contribution < 1.29 is 0 Å². The quantitative estimate of drug-likeness (QED) is 0.581. The Hall–Kier alpha value is -1.08. The maximum Gasteiger partial charge on any atom is -0.00718 e. The minimum absolute atomic E-state index is 0.566. The van der Waals surface area contributed by atoms with Gasteiger partial charge in [0.25, 0.3) is 0 Å². The molecule has 1 aliphatic carbocycles. The molecule has 126 valence electrons. The standard InChI is InChI=1S/C19H31N.C2H6/c1-15(7-5-8-16(2)13-14-20)11-12-19-17(3)9-6-10-18(19)4;1-2/h5,7-8,11-12,16-17H,6,9-10,13-14,20H2,1-4H3;1-2H3/b8-5+,12-11+,15-7+;. The van der Waals surface area contributed by atoms with E-state index in [1.807, 2.05) is 13.8 Å². The lowest BCUT2D eigenvalue weighted by atomic mass is 9.84. The average Bonchev–Trinajstić information content (AvgIpc) is 2.49. The smallest absolute Gasteiger partial charge is 0.00718 e. The van der Waals surface area contributed by atoms with Crippen molar-refractivity contribution in [3.05, 3.63) is 47.1 Å². The van der Waals surface area contributed by atoms with Crippen LogP contribution in [0.15, 0.2) is 47.1 Å². The summed E-state index contributed by atoms with van der Waals surface area (Å²) in [6, 6.07) is 0. The molecule has 2 atom stereocenters. The van der Waals surface area contributed by atoms with Crippen LogP contribution >= 0.6 is 0 Å². The van der Waals surface area contributed by atoms with Crippen molar-refractivity contribution in [1.29, 1.82) is 0 Å². The predicted molar refractivity (Wildman–Crippen MR) is 102 cm³/mol. The summed E-state index contributed by atoms with van der Waals surface area (Å²) in [5.74, 6) is 1.28. The van der Waals surface area contributed by atoms with Crippen LogP contribution in [0.3, 0.4) is 0 Å². The molecule has 2 unspecified atom stereocenters. The van der Waals surface area contributed by atoms with Gasteiger partial charge in [0, 0.05) is 0 Å². The maximum absolute atomic E-state index is 5.55. The third kappa shape index (κ3) is 8.38. The van der Waals surface area contributed by atoms with E-state index < -0.39 is 0 Å². The average molecular weight is 304 g/mol. The Balaban J connectivity index is 0.00000211. The van der Waals surface area contributed by atoms with Gasteiger partial charge < -0.3 is 5.73 Å². The van der Waals surface area contributed by atoms with E-state index in [0.29, 0.717) is 11.8 Å². The van der Waals surface area contributed by atoms with Crippen LogP contribution in [0.1, 0.15) is 67.2 Å². The topological polar surface area (TPSA) is 26.0 Å². The van der Waals surface area contributed by atoms with Gasteiger partial charge in [-0.1, -0.05) is 69.2 Å². The molecule has 0 radical (unpaired) electrons. The van der Waals surface area contributed by atoms with Gasteiger partial charge in [0.05, 0.1) is 0 Å². The van der Waals surface area contributed by atoms with Gasteiger partial charge in [0.1, 0.15) is 0 Å². The molecule has 1 rings (SSSR count). The van der Waals surface area contributed by atoms with Crippen molar-refractivity contribution in [3.8, 4) is 0 Å². The molecule has 0 fully saturated rings. The molecule has 0 bridgehead atoms. The summed E-state index contributed by atoms with van der Waals surface area (Å²) < 4.78 is 0. The Morgan fingerprint density at radius 2 is 2.05 bits per heavy atom. The third-order valence-corrected chi connectivity index (χ3v) is 4.16. The minimum Gasteiger partial charge on any atom is -0.330 e. The van der Waals surface area contributed by atoms with Crippen molar-refractivity contribution in [3.63, 3.8) is 0 Å². The van der Waals surface area contributed by atoms with E-state index in [1.54, 1.807) is 11.1 Å². The Morgan fingerprint density at radius 3 is 2.64 bits per heavy atom. The molecule has 1 nitrogen and oxygen atoms in total. The van der Waals surface area contributed by atoms with Crippen LogP contribution in [0.4, 0.5) is 0 Å². The van der Waals surface area contributed by atoms with Gasteiger partial charge >= 0.3 is 0 Å². The molecule has 1 heteroatoms.